The molecule has 2 N–H and O–H groups in total. The van der Waals surface area contributed by atoms with Crippen molar-refractivity contribution in [3.8, 4) is 0 Å². The molecule has 0 bridgehead atoms. The summed E-state index contributed by atoms with van der Waals surface area (Å²) in [5.41, 5.74) is 6.46. The van der Waals surface area contributed by atoms with Gasteiger partial charge >= 0.3 is 0 Å². The van der Waals surface area contributed by atoms with Gasteiger partial charge in [-0.05, 0) is 38.9 Å². The number of thiophene rings is 1. The Morgan fingerprint density at radius 1 is 1.35 bits per heavy atom. The van der Waals surface area contributed by atoms with Gasteiger partial charge in [0.05, 0.1) is 6.04 Å². The number of rotatable bonds is 5. The molecule has 0 radical (unpaired) electrons. The second kappa shape index (κ2) is 7.03. The Kier molecular flexibility index (Phi) is 5.61. The molecule has 0 saturated carbocycles. The van der Waals surface area contributed by atoms with Gasteiger partial charge in [0, 0.05) is 41.5 Å². The molecule has 1 saturated heterocycles. The topological polar surface area (TPSA) is 32.5 Å². The van der Waals surface area contributed by atoms with Gasteiger partial charge in [0.1, 0.15) is 0 Å². The van der Waals surface area contributed by atoms with Gasteiger partial charge in [0.2, 0.25) is 0 Å². The highest BCUT2D eigenvalue weighted by molar-refractivity contribution is 7.12. The van der Waals surface area contributed by atoms with E-state index >= 15 is 0 Å². The molecule has 3 atom stereocenters. The van der Waals surface area contributed by atoms with Gasteiger partial charge in [-0.1, -0.05) is 13.8 Å². The fourth-order valence-corrected chi connectivity index (χ4v) is 4.25. The van der Waals surface area contributed by atoms with Gasteiger partial charge in [-0.3, -0.25) is 4.90 Å². The minimum atomic E-state index is 0.231. The van der Waals surface area contributed by atoms with Crippen LogP contribution >= 0.6 is 11.3 Å². The molecule has 0 amide bonds. The number of hydrogen-bond acceptors (Lipinski definition) is 4. The Labute approximate surface area is 127 Å². The summed E-state index contributed by atoms with van der Waals surface area (Å²) in [7, 11) is 2.25. The van der Waals surface area contributed by atoms with Crippen molar-refractivity contribution < 1.29 is 0 Å². The third kappa shape index (κ3) is 3.42. The second-order valence-electron chi connectivity index (χ2n) is 6.00. The number of likely N-dealkylation sites (N-methyl/N-ethyl adjacent to an activating group) is 1. The van der Waals surface area contributed by atoms with Crippen LogP contribution in [0.3, 0.4) is 0 Å². The van der Waals surface area contributed by atoms with E-state index in [4.69, 9.17) is 5.73 Å². The monoisotopic (exact) mass is 295 g/mol. The molecule has 3 unspecified atom stereocenters. The molecule has 0 aliphatic carbocycles. The molecule has 4 heteroatoms. The summed E-state index contributed by atoms with van der Waals surface area (Å²) in [6.07, 6.45) is 2.25. The van der Waals surface area contributed by atoms with Crippen molar-refractivity contribution in [3.63, 3.8) is 0 Å². The van der Waals surface area contributed by atoms with Crippen LogP contribution in [0.4, 0.5) is 0 Å². The smallest absolute Gasteiger partial charge is 0.0594 e. The average molecular weight is 295 g/mol. The van der Waals surface area contributed by atoms with Crippen LogP contribution in [-0.2, 0) is 0 Å². The number of piperazine rings is 1. The van der Waals surface area contributed by atoms with Gasteiger partial charge in [0.15, 0.2) is 0 Å². The van der Waals surface area contributed by atoms with Gasteiger partial charge in [-0.15, -0.1) is 11.3 Å². The van der Waals surface area contributed by atoms with E-state index in [1.807, 2.05) is 11.3 Å². The predicted molar refractivity (Wildman–Crippen MR) is 88.3 cm³/mol. The molecule has 1 aromatic heterocycles. The normalized spacial score (nSPS) is 24.8. The first-order valence-corrected chi connectivity index (χ1v) is 8.64. The summed E-state index contributed by atoms with van der Waals surface area (Å²) in [6, 6.07) is 5.79. The Hall–Kier alpha value is -0.420. The van der Waals surface area contributed by atoms with E-state index in [1.165, 1.54) is 16.2 Å². The Bertz CT molecular complexity index is 418. The first-order chi connectivity index (χ1) is 9.56. The van der Waals surface area contributed by atoms with Crippen molar-refractivity contribution in [1.82, 2.24) is 9.80 Å². The zero-order valence-corrected chi connectivity index (χ0v) is 14.1. The van der Waals surface area contributed by atoms with Crippen LogP contribution in [0, 0.1) is 6.92 Å². The fourth-order valence-electron chi connectivity index (χ4n) is 3.16. The molecule has 0 aromatic carbocycles. The molecule has 1 fully saturated rings. The van der Waals surface area contributed by atoms with Gasteiger partial charge in [-0.25, -0.2) is 0 Å². The summed E-state index contributed by atoms with van der Waals surface area (Å²) in [4.78, 5) is 7.93. The molecule has 114 valence electrons. The molecule has 20 heavy (non-hydrogen) atoms. The van der Waals surface area contributed by atoms with Crippen LogP contribution in [0.25, 0.3) is 0 Å². The lowest BCUT2D eigenvalue weighted by Crippen LogP contribution is -2.54. The first-order valence-electron chi connectivity index (χ1n) is 7.83. The lowest BCUT2D eigenvalue weighted by Gasteiger charge is -2.44. The van der Waals surface area contributed by atoms with Crippen molar-refractivity contribution in [1.29, 1.82) is 0 Å². The van der Waals surface area contributed by atoms with E-state index < -0.39 is 0 Å². The molecular weight excluding hydrogens is 266 g/mol. The van der Waals surface area contributed by atoms with Crippen molar-refractivity contribution in [3.05, 3.63) is 21.9 Å². The van der Waals surface area contributed by atoms with Crippen molar-refractivity contribution in [2.75, 3.05) is 26.7 Å². The quantitative estimate of drug-likeness (QED) is 0.906. The maximum atomic E-state index is 6.46. The van der Waals surface area contributed by atoms with E-state index in [0.717, 1.165) is 26.1 Å². The van der Waals surface area contributed by atoms with E-state index in [0.29, 0.717) is 12.1 Å². The molecule has 1 aromatic rings. The minimum absolute atomic E-state index is 0.231. The highest BCUT2D eigenvalue weighted by Gasteiger charge is 2.32. The third-order valence-electron chi connectivity index (χ3n) is 4.60. The van der Waals surface area contributed by atoms with E-state index in [2.05, 4.69) is 49.8 Å². The number of aryl methyl sites for hydroxylation is 1. The summed E-state index contributed by atoms with van der Waals surface area (Å²) in [6.45, 7) is 10.1. The SMILES string of the molecule is CCC(N)C(c1ccc(C)s1)N1CCN(C)C(CC)C1. The van der Waals surface area contributed by atoms with E-state index in [1.54, 1.807) is 0 Å². The van der Waals surface area contributed by atoms with Crippen LogP contribution in [0.15, 0.2) is 12.1 Å². The second-order valence-corrected chi connectivity index (χ2v) is 7.32. The molecule has 0 spiro atoms. The zero-order chi connectivity index (χ0) is 14.7. The number of nitrogens with zero attached hydrogens (tertiary/aromatic N) is 2. The third-order valence-corrected chi connectivity index (χ3v) is 5.67. The zero-order valence-electron chi connectivity index (χ0n) is 13.3. The molecule has 2 heterocycles. The summed E-state index contributed by atoms with van der Waals surface area (Å²) < 4.78 is 0. The standard InChI is InChI=1S/C16H29N3S/c1-5-13-11-19(10-9-18(13)4)16(14(17)6-2)15-8-7-12(3)20-15/h7-8,13-14,16H,5-6,9-11,17H2,1-4H3. The van der Waals surface area contributed by atoms with Gasteiger partial charge < -0.3 is 10.6 Å². The summed E-state index contributed by atoms with van der Waals surface area (Å²) in [5.74, 6) is 0. The van der Waals surface area contributed by atoms with Crippen molar-refractivity contribution in [2.45, 2.75) is 51.7 Å². The molecule has 1 aliphatic heterocycles. The number of nitrogens with two attached hydrogens (primary N) is 1. The fraction of sp³-hybridized carbons (Fsp3) is 0.750. The van der Waals surface area contributed by atoms with Gasteiger partial charge in [0.25, 0.3) is 0 Å². The van der Waals surface area contributed by atoms with Crippen LogP contribution < -0.4 is 5.73 Å². The first kappa shape index (κ1) is 16.0. The molecule has 1 aliphatic rings. The molecule has 3 nitrogen and oxygen atoms in total. The molecular formula is C16H29N3S. The Morgan fingerprint density at radius 2 is 2.10 bits per heavy atom. The van der Waals surface area contributed by atoms with E-state index in [-0.39, 0.29) is 6.04 Å². The van der Waals surface area contributed by atoms with Gasteiger partial charge in [-0.2, -0.15) is 0 Å². The number of hydrogen-bond donors (Lipinski definition) is 1. The minimum Gasteiger partial charge on any atom is -0.326 e. The highest BCUT2D eigenvalue weighted by atomic mass is 32.1. The summed E-state index contributed by atoms with van der Waals surface area (Å²) in [5, 5.41) is 0. The van der Waals surface area contributed by atoms with Crippen LogP contribution in [0.2, 0.25) is 0 Å². The molecule has 2 rings (SSSR count). The van der Waals surface area contributed by atoms with Crippen molar-refractivity contribution >= 4 is 11.3 Å². The Balaban J connectivity index is 2.19. The highest BCUT2D eigenvalue weighted by Crippen LogP contribution is 2.32. The maximum absolute atomic E-state index is 6.46. The Morgan fingerprint density at radius 3 is 2.65 bits per heavy atom. The van der Waals surface area contributed by atoms with Crippen molar-refractivity contribution in [2.24, 2.45) is 5.73 Å². The predicted octanol–water partition coefficient (Wildman–Crippen LogP) is 2.86. The van der Waals surface area contributed by atoms with Crippen LogP contribution in [0.5, 0.6) is 0 Å². The van der Waals surface area contributed by atoms with Crippen LogP contribution in [0.1, 0.15) is 42.5 Å². The summed E-state index contributed by atoms with van der Waals surface area (Å²) >= 11 is 1.91. The lowest BCUT2D eigenvalue weighted by atomic mass is 10.00. The van der Waals surface area contributed by atoms with Crippen LogP contribution in [-0.4, -0.2) is 48.6 Å². The lowest BCUT2D eigenvalue weighted by molar-refractivity contribution is 0.0536. The maximum Gasteiger partial charge on any atom is 0.0594 e. The largest absolute Gasteiger partial charge is 0.326 e. The average Bonchev–Trinajstić information content (AvgIpc) is 2.86. The van der Waals surface area contributed by atoms with E-state index in [9.17, 15) is 0 Å².